The molecular formula is C42H63N7O8. The number of carbonyl (C=O) groups is 7. The van der Waals surface area contributed by atoms with E-state index >= 15 is 0 Å². The zero-order valence-corrected chi connectivity index (χ0v) is 34.2. The first kappa shape index (κ1) is 47.7. The predicted octanol–water partition coefficient (Wildman–Crippen LogP) is 3.43. The second kappa shape index (κ2) is 26.4. The maximum Gasteiger partial charge on any atom is 0.328 e. The van der Waals surface area contributed by atoms with Crippen LogP contribution in [0, 0.1) is 6.92 Å². The Morgan fingerprint density at radius 2 is 1.39 bits per heavy atom. The van der Waals surface area contributed by atoms with Crippen molar-refractivity contribution in [3.63, 3.8) is 0 Å². The number of amides is 7. The summed E-state index contributed by atoms with van der Waals surface area (Å²) in [6.45, 7) is 11.6. The van der Waals surface area contributed by atoms with E-state index < -0.39 is 36.0 Å². The van der Waals surface area contributed by atoms with Gasteiger partial charge >= 0.3 is 12.0 Å². The smallest absolute Gasteiger partial charge is 0.328 e. The minimum absolute atomic E-state index is 0.00788. The fourth-order valence-electron chi connectivity index (χ4n) is 6.55. The highest BCUT2D eigenvalue weighted by molar-refractivity contribution is 5.93. The molecule has 2 aromatic carbocycles. The lowest BCUT2D eigenvalue weighted by molar-refractivity contribution is -0.153. The normalized spacial score (nSPS) is 18.3. The third-order valence-electron chi connectivity index (χ3n) is 9.30. The number of ether oxygens (including phenoxy) is 1. The molecule has 314 valence electrons. The van der Waals surface area contributed by atoms with Gasteiger partial charge in [0.15, 0.2) is 0 Å². The number of nitrogens with two attached hydrogens (primary N) is 1. The van der Waals surface area contributed by atoms with Gasteiger partial charge in [0.2, 0.25) is 30.0 Å². The van der Waals surface area contributed by atoms with Crippen LogP contribution in [0.25, 0.3) is 0 Å². The molecule has 0 aliphatic carbocycles. The number of nitrogens with zero attached hydrogens (tertiary/aromatic N) is 3. The lowest BCUT2D eigenvalue weighted by Gasteiger charge is -2.38. The van der Waals surface area contributed by atoms with E-state index in [1.54, 1.807) is 9.80 Å². The van der Waals surface area contributed by atoms with Crippen LogP contribution in [0.3, 0.4) is 0 Å². The van der Waals surface area contributed by atoms with Crippen molar-refractivity contribution < 1.29 is 38.3 Å². The number of esters is 1. The van der Waals surface area contributed by atoms with E-state index in [0.29, 0.717) is 51.9 Å². The van der Waals surface area contributed by atoms with Crippen LogP contribution < -0.4 is 21.7 Å². The van der Waals surface area contributed by atoms with E-state index in [0.717, 1.165) is 31.2 Å². The van der Waals surface area contributed by atoms with Gasteiger partial charge in [0.05, 0.1) is 13.0 Å². The number of primary amides is 1. The van der Waals surface area contributed by atoms with Gasteiger partial charge in [-0.2, -0.15) is 0 Å². The molecule has 0 radical (unpaired) electrons. The molecule has 3 saturated heterocycles. The highest BCUT2D eigenvalue weighted by Gasteiger charge is 2.41. The van der Waals surface area contributed by atoms with Crippen molar-refractivity contribution in [3.8, 4) is 0 Å². The topological polar surface area (TPSA) is 201 Å². The molecule has 0 bridgehead atoms. The van der Waals surface area contributed by atoms with Crippen molar-refractivity contribution in [1.29, 1.82) is 0 Å². The molecule has 3 heterocycles. The van der Waals surface area contributed by atoms with E-state index in [2.05, 4.69) is 35.0 Å². The number of rotatable bonds is 12. The highest BCUT2D eigenvalue weighted by atomic mass is 16.5. The first-order chi connectivity index (χ1) is 27.4. The fraction of sp³-hybridized carbons (Fsp3) is 0.548. The molecule has 3 aliphatic heterocycles. The van der Waals surface area contributed by atoms with E-state index in [1.165, 1.54) is 10.5 Å². The molecule has 3 fully saturated rings. The van der Waals surface area contributed by atoms with Crippen molar-refractivity contribution in [3.05, 3.63) is 71.8 Å². The summed E-state index contributed by atoms with van der Waals surface area (Å²) in [5, 5.41) is 7.83. The standard InChI is InChI=1S/C23H36N4O6.C10H13N3O2.C7H8.C2H6/c1-16(2)24-21(30)17-7-3-4-12-27(17)22(31)18-8-6-13-26(18)20(29)10-14-33-23(32)19-9-5-11-25(19)15-28;11-9(14)7-13-10(15)12-6-8-4-2-1-3-5-8;1-7-5-3-2-4-6-7;1-2/h15-19H,3-14H2,1-2H3,(H,24,30);1-5H,6-7H2,(H2,11,14)(H2,12,13,15);2-6H,1H3;1-2H3. The van der Waals surface area contributed by atoms with Crippen LogP contribution >= 0.6 is 0 Å². The number of piperidine rings is 1. The summed E-state index contributed by atoms with van der Waals surface area (Å²) in [5.41, 5.74) is 7.18. The van der Waals surface area contributed by atoms with E-state index in [4.69, 9.17) is 10.5 Å². The van der Waals surface area contributed by atoms with Crippen LogP contribution in [0.4, 0.5) is 4.79 Å². The quantitative estimate of drug-likeness (QED) is 0.185. The molecule has 15 heteroatoms. The summed E-state index contributed by atoms with van der Waals surface area (Å²) < 4.78 is 5.25. The Hall–Kier alpha value is -5.47. The molecule has 3 aliphatic rings. The number of urea groups is 1. The Bertz CT molecular complexity index is 1560. The molecule has 15 nitrogen and oxygen atoms in total. The number of benzene rings is 2. The largest absolute Gasteiger partial charge is 0.464 e. The molecule has 3 atom stereocenters. The summed E-state index contributed by atoms with van der Waals surface area (Å²) in [6.07, 6.45) is 5.59. The maximum absolute atomic E-state index is 13.4. The molecule has 0 spiro atoms. The predicted molar refractivity (Wildman–Crippen MR) is 217 cm³/mol. The van der Waals surface area contributed by atoms with Gasteiger partial charge in [-0.25, -0.2) is 9.59 Å². The minimum atomic E-state index is -0.582. The summed E-state index contributed by atoms with van der Waals surface area (Å²) in [4.78, 5) is 88.2. The third kappa shape index (κ3) is 17.1. The number of hydrogen-bond donors (Lipinski definition) is 4. The third-order valence-corrected chi connectivity index (χ3v) is 9.30. The van der Waals surface area contributed by atoms with Gasteiger partial charge in [-0.15, -0.1) is 0 Å². The zero-order valence-electron chi connectivity index (χ0n) is 34.2. The van der Waals surface area contributed by atoms with Crippen molar-refractivity contribution in [2.24, 2.45) is 5.73 Å². The fourth-order valence-corrected chi connectivity index (χ4v) is 6.55. The Labute approximate surface area is 337 Å². The van der Waals surface area contributed by atoms with Crippen molar-refractivity contribution in [2.45, 2.75) is 117 Å². The van der Waals surface area contributed by atoms with Gasteiger partial charge in [-0.3, -0.25) is 24.0 Å². The average Bonchev–Trinajstić information content (AvgIpc) is 3.92. The van der Waals surface area contributed by atoms with E-state index in [9.17, 15) is 33.6 Å². The molecule has 0 aromatic heterocycles. The Morgan fingerprint density at radius 3 is 1.98 bits per heavy atom. The van der Waals surface area contributed by atoms with Crippen LogP contribution in [0.15, 0.2) is 60.7 Å². The van der Waals surface area contributed by atoms with Gasteiger partial charge in [0.25, 0.3) is 0 Å². The maximum atomic E-state index is 13.4. The summed E-state index contributed by atoms with van der Waals surface area (Å²) >= 11 is 0. The molecule has 3 unspecified atom stereocenters. The summed E-state index contributed by atoms with van der Waals surface area (Å²) in [5.74, 6) is -1.61. The van der Waals surface area contributed by atoms with Gasteiger partial charge in [0.1, 0.15) is 24.7 Å². The second-order valence-corrected chi connectivity index (χ2v) is 14.0. The molecule has 0 saturated carbocycles. The average molecular weight is 794 g/mol. The first-order valence-corrected chi connectivity index (χ1v) is 20.0. The lowest BCUT2D eigenvalue weighted by Crippen LogP contribution is -2.57. The highest BCUT2D eigenvalue weighted by Crippen LogP contribution is 2.25. The summed E-state index contributed by atoms with van der Waals surface area (Å²) in [7, 11) is 0. The molecule has 5 N–H and O–H groups in total. The van der Waals surface area contributed by atoms with Crippen LogP contribution in [0.5, 0.6) is 0 Å². The van der Waals surface area contributed by atoms with Crippen LogP contribution in [-0.2, 0) is 40.0 Å². The van der Waals surface area contributed by atoms with Gasteiger partial charge in [-0.05, 0) is 71.3 Å². The van der Waals surface area contributed by atoms with Crippen LogP contribution in [0.1, 0.15) is 90.2 Å². The first-order valence-electron chi connectivity index (χ1n) is 20.0. The lowest BCUT2D eigenvalue weighted by atomic mass is 9.99. The Kier molecular flexibility index (Phi) is 22.1. The zero-order chi connectivity index (χ0) is 42.2. The Morgan fingerprint density at radius 1 is 0.789 bits per heavy atom. The molecule has 2 aromatic rings. The number of nitrogens with one attached hydrogen (secondary N) is 3. The molecular weight excluding hydrogens is 731 g/mol. The number of likely N-dealkylation sites (tertiary alicyclic amines) is 3. The van der Waals surface area contributed by atoms with Crippen molar-refractivity contribution in [2.75, 3.05) is 32.8 Å². The van der Waals surface area contributed by atoms with Crippen molar-refractivity contribution >= 4 is 42.0 Å². The second-order valence-electron chi connectivity index (χ2n) is 14.0. The number of carbonyl (C=O) groups excluding carboxylic acids is 7. The van der Waals surface area contributed by atoms with Gasteiger partial charge < -0.3 is 41.1 Å². The van der Waals surface area contributed by atoms with E-state index in [1.807, 2.05) is 76.2 Å². The molecule has 7 amide bonds. The summed E-state index contributed by atoms with van der Waals surface area (Å²) in [6, 6.07) is 17.7. The van der Waals surface area contributed by atoms with Crippen LogP contribution in [0.2, 0.25) is 0 Å². The SMILES string of the molecule is CC.CC(C)NC(=O)C1CCCCN1C(=O)C1CCCN1C(=O)CCOC(=O)C1CCCN1C=O.Cc1ccccc1.NC(=O)CNC(=O)NCc1ccccc1. The minimum Gasteiger partial charge on any atom is -0.464 e. The van der Waals surface area contributed by atoms with Gasteiger partial charge in [0, 0.05) is 32.2 Å². The van der Waals surface area contributed by atoms with Gasteiger partial charge in [-0.1, -0.05) is 80.1 Å². The van der Waals surface area contributed by atoms with Crippen molar-refractivity contribution in [1.82, 2.24) is 30.7 Å². The number of hydrogen-bond acceptors (Lipinski definition) is 8. The molecule has 57 heavy (non-hydrogen) atoms. The Balaban J connectivity index is 0.000000382. The molecule has 5 rings (SSSR count). The monoisotopic (exact) mass is 793 g/mol. The number of aryl methyl sites for hydroxylation is 1. The van der Waals surface area contributed by atoms with E-state index in [-0.39, 0.29) is 43.3 Å². The van der Waals surface area contributed by atoms with Crippen LogP contribution in [-0.4, -0.2) is 114 Å².